The van der Waals surface area contributed by atoms with Crippen molar-refractivity contribution in [2.45, 2.75) is 0 Å². The molecular formula is C6H5N3O2. The summed E-state index contributed by atoms with van der Waals surface area (Å²) in [5.74, 6) is 0.220. The largest absolute Gasteiger partial charge is 0.276 e. The van der Waals surface area contributed by atoms with Gasteiger partial charge < -0.3 is 0 Å². The van der Waals surface area contributed by atoms with Crippen LogP contribution in [0.4, 0.5) is 5.82 Å². The Morgan fingerprint density at radius 3 is 2.82 bits per heavy atom. The minimum absolute atomic E-state index is 0.220. The van der Waals surface area contributed by atoms with Crippen molar-refractivity contribution in [3.63, 3.8) is 0 Å². The molecule has 0 aromatic carbocycles. The molecule has 0 saturated carbocycles. The topological polar surface area (TPSA) is 62.6 Å². The molecule has 5 nitrogen and oxygen atoms in total. The van der Waals surface area contributed by atoms with Crippen LogP contribution in [0.2, 0.25) is 0 Å². The second-order valence-corrected chi connectivity index (χ2v) is 1.72. The number of aromatic nitrogens is 1. The van der Waals surface area contributed by atoms with E-state index in [1.165, 1.54) is 12.3 Å². The van der Waals surface area contributed by atoms with Crippen molar-refractivity contribution in [3.05, 3.63) is 29.3 Å². The smallest absolute Gasteiger partial charge is 0.238 e. The van der Waals surface area contributed by atoms with Crippen LogP contribution in [0.5, 0.6) is 0 Å². The highest BCUT2D eigenvalue weighted by Gasteiger charge is 2.02. The van der Waals surface area contributed by atoms with Crippen LogP contribution in [-0.2, 0) is 4.79 Å². The zero-order valence-electron chi connectivity index (χ0n) is 5.54. The molecule has 1 heterocycles. The van der Waals surface area contributed by atoms with Gasteiger partial charge >= 0.3 is 0 Å². The average Bonchev–Trinajstić information content (AvgIpc) is 2.09. The van der Waals surface area contributed by atoms with Crippen LogP contribution in [0, 0.1) is 4.91 Å². The molecule has 0 bridgehead atoms. The van der Waals surface area contributed by atoms with E-state index in [0.717, 1.165) is 0 Å². The average molecular weight is 151 g/mol. The molecule has 5 heteroatoms. The molecule has 0 saturated heterocycles. The minimum atomic E-state index is 0.220. The van der Waals surface area contributed by atoms with Gasteiger partial charge in [0.25, 0.3) is 0 Å². The molecule has 0 aliphatic rings. The monoisotopic (exact) mass is 151 g/mol. The van der Waals surface area contributed by atoms with Crippen molar-refractivity contribution in [1.82, 2.24) is 4.98 Å². The molecule has 0 N–H and O–H groups in total. The van der Waals surface area contributed by atoms with Crippen LogP contribution in [0.25, 0.3) is 0 Å². The molecule has 56 valence electrons. The van der Waals surface area contributed by atoms with Crippen LogP contribution >= 0.6 is 0 Å². The zero-order valence-corrected chi connectivity index (χ0v) is 5.54. The lowest BCUT2D eigenvalue weighted by Crippen LogP contribution is -2.12. The molecule has 0 fully saturated rings. The van der Waals surface area contributed by atoms with Gasteiger partial charge in [0.2, 0.25) is 6.41 Å². The van der Waals surface area contributed by atoms with Gasteiger partial charge in [-0.05, 0) is 12.1 Å². The predicted molar refractivity (Wildman–Crippen MR) is 38.6 cm³/mol. The van der Waals surface area contributed by atoms with Crippen LogP contribution in [0.15, 0.2) is 29.7 Å². The van der Waals surface area contributed by atoms with Crippen LogP contribution in [0.3, 0.4) is 0 Å². The first-order chi connectivity index (χ1) is 5.38. The summed E-state index contributed by atoms with van der Waals surface area (Å²) in [5.41, 5.74) is 0. The lowest BCUT2D eigenvalue weighted by Gasteiger charge is -2.02. The third kappa shape index (κ3) is 1.57. The van der Waals surface area contributed by atoms with Gasteiger partial charge in [-0.25, -0.2) is 4.98 Å². The minimum Gasteiger partial charge on any atom is -0.276 e. The van der Waals surface area contributed by atoms with E-state index in [9.17, 15) is 9.70 Å². The van der Waals surface area contributed by atoms with Crippen molar-refractivity contribution in [1.29, 1.82) is 0 Å². The van der Waals surface area contributed by atoms with E-state index in [0.29, 0.717) is 11.4 Å². The Morgan fingerprint density at radius 1 is 1.55 bits per heavy atom. The van der Waals surface area contributed by atoms with E-state index in [1.54, 1.807) is 12.1 Å². The maximum Gasteiger partial charge on any atom is 0.238 e. The van der Waals surface area contributed by atoms with Crippen molar-refractivity contribution in [2.75, 3.05) is 5.01 Å². The van der Waals surface area contributed by atoms with Crippen molar-refractivity contribution in [2.24, 2.45) is 5.29 Å². The summed E-state index contributed by atoms with van der Waals surface area (Å²) in [5, 5.41) is 3.04. The number of anilines is 1. The molecule has 1 aromatic heterocycles. The van der Waals surface area contributed by atoms with Gasteiger partial charge in [-0.15, -0.1) is 9.92 Å². The van der Waals surface area contributed by atoms with Gasteiger partial charge in [0.05, 0.1) is 5.29 Å². The standard InChI is InChI=1S/C6H5N3O2/c10-5-9(8-11)6-3-1-2-4-7-6/h1-5H. The summed E-state index contributed by atoms with van der Waals surface area (Å²) in [7, 11) is 0. The summed E-state index contributed by atoms with van der Waals surface area (Å²) >= 11 is 0. The maximum atomic E-state index is 10.1. The fourth-order valence-electron chi connectivity index (χ4n) is 0.604. The number of nitroso groups, excluding NO2 is 1. The number of pyridine rings is 1. The summed E-state index contributed by atoms with van der Waals surface area (Å²) in [6.45, 7) is 0. The molecular weight excluding hydrogens is 146 g/mol. The first kappa shape index (κ1) is 7.33. The van der Waals surface area contributed by atoms with Gasteiger partial charge in [0.15, 0.2) is 5.82 Å². The number of carbonyl (C=O) groups is 1. The fourth-order valence-corrected chi connectivity index (χ4v) is 0.604. The molecule has 1 aromatic rings. The van der Waals surface area contributed by atoms with E-state index in [2.05, 4.69) is 10.3 Å². The van der Waals surface area contributed by atoms with Gasteiger partial charge in [0, 0.05) is 6.20 Å². The number of hydrogen-bond donors (Lipinski definition) is 0. The maximum absolute atomic E-state index is 10.1. The third-order valence-corrected chi connectivity index (χ3v) is 1.07. The number of amides is 1. The van der Waals surface area contributed by atoms with Crippen LogP contribution in [-0.4, -0.2) is 11.4 Å². The van der Waals surface area contributed by atoms with Gasteiger partial charge in [-0.2, -0.15) is 0 Å². The van der Waals surface area contributed by atoms with E-state index < -0.39 is 0 Å². The molecule has 0 unspecified atom stereocenters. The third-order valence-electron chi connectivity index (χ3n) is 1.07. The number of rotatable bonds is 3. The second-order valence-electron chi connectivity index (χ2n) is 1.72. The van der Waals surface area contributed by atoms with E-state index in [1.807, 2.05) is 0 Å². The Morgan fingerprint density at radius 2 is 2.36 bits per heavy atom. The highest BCUT2D eigenvalue weighted by Crippen LogP contribution is 2.05. The number of hydrogen-bond acceptors (Lipinski definition) is 4. The Balaban J connectivity index is 2.90. The molecule has 0 aliphatic heterocycles. The summed E-state index contributed by atoms with van der Waals surface area (Å²) < 4.78 is 0. The molecule has 1 amide bonds. The lowest BCUT2D eigenvalue weighted by molar-refractivity contribution is -0.107. The highest BCUT2D eigenvalue weighted by atomic mass is 16.3. The molecule has 0 atom stereocenters. The van der Waals surface area contributed by atoms with Crippen molar-refractivity contribution < 1.29 is 4.79 Å². The van der Waals surface area contributed by atoms with E-state index >= 15 is 0 Å². The highest BCUT2D eigenvalue weighted by molar-refractivity contribution is 5.71. The SMILES string of the molecule is O=CN(N=O)c1ccccn1. The fraction of sp³-hybridized carbons (Fsp3) is 0. The first-order valence-corrected chi connectivity index (χ1v) is 2.87. The Bertz CT molecular complexity index is 241. The van der Waals surface area contributed by atoms with Crippen molar-refractivity contribution >= 4 is 12.2 Å². The number of nitrogens with zero attached hydrogens (tertiary/aromatic N) is 3. The molecule has 11 heavy (non-hydrogen) atoms. The van der Waals surface area contributed by atoms with E-state index in [-0.39, 0.29) is 5.82 Å². The summed E-state index contributed by atoms with van der Waals surface area (Å²) in [6.07, 6.45) is 1.77. The summed E-state index contributed by atoms with van der Waals surface area (Å²) in [6, 6.07) is 4.84. The van der Waals surface area contributed by atoms with E-state index in [4.69, 9.17) is 0 Å². The first-order valence-electron chi connectivity index (χ1n) is 2.87. The van der Waals surface area contributed by atoms with Crippen LogP contribution < -0.4 is 5.01 Å². The van der Waals surface area contributed by atoms with Gasteiger partial charge in [0.1, 0.15) is 0 Å². The molecule has 0 aliphatic carbocycles. The van der Waals surface area contributed by atoms with Crippen molar-refractivity contribution in [3.8, 4) is 0 Å². The Labute approximate surface area is 62.6 Å². The quantitative estimate of drug-likeness (QED) is 0.363. The Hall–Kier alpha value is -1.78. The lowest BCUT2D eigenvalue weighted by atomic mass is 10.5. The molecule has 1 rings (SSSR count). The Kier molecular flexibility index (Phi) is 2.27. The normalized spacial score (nSPS) is 8.73. The summed E-state index contributed by atoms with van der Waals surface area (Å²) in [4.78, 5) is 23.8. The molecule has 0 radical (unpaired) electrons. The van der Waals surface area contributed by atoms with Crippen LogP contribution in [0.1, 0.15) is 0 Å². The zero-order chi connectivity index (χ0) is 8.10. The second kappa shape index (κ2) is 3.40. The van der Waals surface area contributed by atoms with Gasteiger partial charge in [-0.3, -0.25) is 4.79 Å². The molecule has 0 spiro atoms. The predicted octanol–water partition coefficient (Wildman–Crippen LogP) is 0.726. The number of carbonyl (C=O) groups excluding carboxylic acids is 1. The van der Waals surface area contributed by atoms with Gasteiger partial charge in [-0.1, -0.05) is 6.07 Å².